The van der Waals surface area contributed by atoms with Crippen LogP contribution in [0, 0.1) is 28.1 Å². The molecule has 1 heterocycles. The van der Waals surface area contributed by atoms with E-state index in [1.165, 1.54) is 0 Å². The second kappa shape index (κ2) is 8.21. The second-order valence-corrected chi connectivity index (χ2v) is 12.3. The maximum atomic E-state index is 13.7. The zero-order valence-electron chi connectivity index (χ0n) is 20.6. The van der Waals surface area contributed by atoms with E-state index >= 15 is 0 Å². The van der Waals surface area contributed by atoms with Crippen molar-refractivity contribution in [3.63, 3.8) is 0 Å². The number of carbonyl (C=O) groups is 1. The van der Waals surface area contributed by atoms with E-state index in [4.69, 9.17) is 9.47 Å². The van der Waals surface area contributed by atoms with Crippen molar-refractivity contribution in [1.29, 1.82) is 0 Å². The van der Waals surface area contributed by atoms with E-state index in [0.717, 1.165) is 24.8 Å². The molecule has 2 bridgehead atoms. The van der Waals surface area contributed by atoms with Gasteiger partial charge in [0.1, 0.15) is 24.4 Å². The van der Waals surface area contributed by atoms with E-state index in [1.807, 2.05) is 13.8 Å². The number of esters is 1. The zero-order valence-corrected chi connectivity index (χ0v) is 20.6. The highest BCUT2D eigenvalue weighted by Crippen LogP contribution is 2.73. The van der Waals surface area contributed by atoms with Crippen LogP contribution in [-0.4, -0.2) is 85.6 Å². The third-order valence-corrected chi connectivity index (χ3v) is 11.0. The Kier molecular flexibility index (Phi) is 6.00. The van der Waals surface area contributed by atoms with Crippen molar-refractivity contribution in [3.8, 4) is 0 Å². The molecule has 5 aliphatic rings. The van der Waals surface area contributed by atoms with Crippen LogP contribution in [0.3, 0.4) is 0 Å². The van der Waals surface area contributed by atoms with Gasteiger partial charge in [-0.15, -0.1) is 0 Å². The number of hydrogen-bond donors (Lipinski definition) is 6. The number of ether oxygens (including phenoxy) is 2. The lowest BCUT2D eigenvalue weighted by molar-refractivity contribution is -0.303. The van der Waals surface area contributed by atoms with Crippen LogP contribution in [0.2, 0.25) is 0 Å². The smallest absolute Gasteiger partial charge is 0.314 e. The number of carbonyl (C=O) groups excluding carboxylic acids is 1. The molecule has 35 heavy (non-hydrogen) atoms. The first-order valence-corrected chi connectivity index (χ1v) is 13.0. The molecule has 198 valence electrons. The van der Waals surface area contributed by atoms with Gasteiger partial charge in [-0.3, -0.25) is 4.79 Å². The summed E-state index contributed by atoms with van der Waals surface area (Å²) in [6.45, 7) is 7.41. The fourth-order valence-electron chi connectivity index (χ4n) is 8.93. The molecule has 12 atom stereocenters. The van der Waals surface area contributed by atoms with Gasteiger partial charge >= 0.3 is 5.97 Å². The molecule has 0 aromatic carbocycles. The number of fused-ring (bicyclic) bond motifs is 3. The Labute approximate surface area is 205 Å². The van der Waals surface area contributed by atoms with Gasteiger partial charge in [-0.1, -0.05) is 19.9 Å². The van der Waals surface area contributed by atoms with E-state index in [0.29, 0.717) is 32.1 Å². The first kappa shape index (κ1) is 25.6. The minimum atomic E-state index is -1.66. The van der Waals surface area contributed by atoms with Gasteiger partial charge in [-0.25, -0.2) is 0 Å². The Morgan fingerprint density at radius 3 is 2.46 bits per heavy atom. The summed E-state index contributed by atoms with van der Waals surface area (Å²) in [5.41, 5.74) is -2.60. The molecule has 5 fully saturated rings. The van der Waals surface area contributed by atoms with Crippen LogP contribution in [0.5, 0.6) is 0 Å². The van der Waals surface area contributed by atoms with Gasteiger partial charge in [0.05, 0.1) is 23.7 Å². The molecule has 4 aliphatic carbocycles. The summed E-state index contributed by atoms with van der Waals surface area (Å²) in [4.78, 5) is 13.7. The monoisotopic (exact) mass is 496 g/mol. The highest BCUT2D eigenvalue weighted by atomic mass is 16.7. The first-order valence-electron chi connectivity index (χ1n) is 13.0. The molecule has 0 aromatic rings. The predicted octanol–water partition coefficient (Wildman–Crippen LogP) is 0.384. The lowest BCUT2D eigenvalue weighted by atomic mass is 9.38. The average molecular weight is 497 g/mol. The molecule has 1 spiro atoms. The molecule has 9 heteroatoms. The van der Waals surface area contributed by atoms with Gasteiger partial charge in [0.25, 0.3) is 0 Å². The Hall–Kier alpha value is -1.07. The van der Waals surface area contributed by atoms with Crippen LogP contribution in [0.15, 0.2) is 12.2 Å². The van der Waals surface area contributed by atoms with Crippen molar-refractivity contribution in [2.75, 3.05) is 6.61 Å². The van der Waals surface area contributed by atoms with Crippen molar-refractivity contribution in [2.45, 2.75) is 108 Å². The molecule has 1 saturated heterocycles. The van der Waals surface area contributed by atoms with Crippen LogP contribution in [0.4, 0.5) is 0 Å². The highest BCUT2D eigenvalue weighted by Gasteiger charge is 2.75. The van der Waals surface area contributed by atoms with E-state index in [9.17, 15) is 35.4 Å². The molecule has 6 N–H and O–H groups in total. The summed E-state index contributed by atoms with van der Waals surface area (Å²) < 4.78 is 11.0. The van der Waals surface area contributed by atoms with Gasteiger partial charge in [0, 0.05) is 10.8 Å². The minimum absolute atomic E-state index is 0.219. The Balaban J connectivity index is 1.43. The quantitative estimate of drug-likeness (QED) is 0.240. The van der Waals surface area contributed by atoms with Gasteiger partial charge in [-0.2, -0.15) is 0 Å². The molecule has 0 unspecified atom stereocenters. The van der Waals surface area contributed by atoms with E-state index in [2.05, 4.69) is 6.58 Å². The number of aliphatic hydroxyl groups is 6. The maximum Gasteiger partial charge on any atom is 0.314 e. The second-order valence-electron chi connectivity index (χ2n) is 12.3. The van der Waals surface area contributed by atoms with Gasteiger partial charge in [-0.05, 0) is 69.3 Å². The predicted molar refractivity (Wildman–Crippen MR) is 123 cm³/mol. The molecule has 4 saturated carbocycles. The molecule has 1 aliphatic heterocycles. The van der Waals surface area contributed by atoms with Gasteiger partial charge in [0.15, 0.2) is 0 Å². The molecule has 0 amide bonds. The number of hydrogen-bond acceptors (Lipinski definition) is 9. The summed E-state index contributed by atoms with van der Waals surface area (Å²) in [5, 5.41) is 63.6. The summed E-state index contributed by atoms with van der Waals surface area (Å²) >= 11 is 0. The van der Waals surface area contributed by atoms with Crippen molar-refractivity contribution >= 4 is 5.97 Å². The third-order valence-electron chi connectivity index (χ3n) is 11.0. The van der Waals surface area contributed by atoms with Crippen LogP contribution in [0.25, 0.3) is 0 Å². The Morgan fingerprint density at radius 2 is 1.77 bits per heavy atom. The summed E-state index contributed by atoms with van der Waals surface area (Å²) in [6, 6.07) is 0. The Morgan fingerprint density at radius 1 is 1.06 bits per heavy atom. The summed E-state index contributed by atoms with van der Waals surface area (Å²) in [6.07, 6.45) is -3.08. The van der Waals surface area contributed by atoms with Crippen LogP contribution in [-0.2, 0) is 14.3 Å². The lowest BCUT2D eigenvalue weighted by Crippen LogP contribution is -2.71. The largest absolute Gasteiger partial charge is 0.432 e. The fraction of sp³-hybridized carbons (Fsp3) is 0.885. The first-order chi connectivity index (χ1) is 16.4. The van der Waals surface area contributed by atoms with Gasteiger partial charge < -0.3 is 40.1 Å². The SMILES string of the molecule is C=C1[C@@H]2CC[C@]3(O)[C@](CC[C@@H]4[C@](C)(C(=O)O[C@@H]5O[C@@H](CO)[C@@H](O)[C@@H](O)[C@H]5O)CCC[C@]43C)(C2)[C@H]1O. The highest BCUT2D eigenvalue weighted by molar-refractivity contribution is 5.77. The van der Waals surface area contributed by atoms with E-state index < -0.39 is 71.2 Å². The summed E-state index contributed by atoms with van der Waals surface area (Å²) in [7, 11) is 0. The molecular formula is C26H40O9. The topological polar surface area (TPSA) is 157 Å². The van der Waals surface area contributed by atoms with Crippen molar-refractivity contribution < 1.29 is 44.9 Å². The third kappa shape index (κ3) is 3.15. The van der Waals surface area contributed by atoms with Crippen molar-refractivity contribution in [2.24, 2.45) is 28.1 Å². The number of aliphatic hydroxyl groups excluding tert-OH is 5. The normalized spacial score (nSPS) is 55.7. The van der Waals surface area contributed by atoms with Crippen molar-refractivity contribution in [1.82, 2.24) is 0 Å². The maximum absolute atomic E-state index is 13.7. The molecule has 9 nitrogen and oxygen atoms in total. The van der Waals surface area contributed by atoms with Gasteiger partial charge in [0.2, 0.25) is 6.29 Å². The van der Waals surface area contributed by atoms with Crippen LogP contribution in [0.1, 0.15) is 65.2 Å². The molecular weight excluding hydrogens is 456 g/mol. The van der Waals surface area contributed by atoms with E-state index in [-0.39, 0.29) is 11.8 Å². The summed E-state index contributed by atoms with van der Waals surface area (Å²) in [5.74, 6) is -0.603. The fourth-order valence-corrected chi connectivity index (χ4v) is 8.93. The Bertz CT molecular complexity index is 892. The van der Waals surface area contributed by atoms with Crippen LogP contribution < -0.4 is 0 Å². The van der Waals surface area contributed by atoms with Crippen LogP contribution >= 0.6 is 0 Å². The minimum Gasteiger partial charge on any atom is -0.432 e. The standard InChI is InChI=1S/C26H40O9/c1-13-14-5-10-26(33)24(3)8-4-7-23(2,16(24)6-9-25(26,11-14)20(13)31)22(32)35-21-19(30)18(29)17(28)15(12-27)34-21/h14-21,27-31,33H,1,4-12H2,2-3H3/t14-,15+,16-,17-,18-,19-,20+,21+,23-,24-,25-,26-/m1/s1. The van der Waals surface area contributed by atoms with Crippen molar-refractivity contribution in [3.05, 3.63) is 12.2 Å². The number of rotatable bonds is 3. The lowest BCUT2D eigenvalue weighted by Gasteiger charge is -2.68. The molecule has 0 aromatic heterocycles. The average Bonchev–Trinajstić information content (AvgIpc) is 3.03. The molecule has 5 rings (SSSR count). The zero-order chi connectivity index (χ0) is 25.6. The molecule has 0 radical (unpaired) electrons. The van der Waals surface area contributed by atoms with E-state index in [1.54, 1.807) is 0 Å².